The van der Waals surface area contributed by atoms with Gasteiger partial charge in [-0.3, -0.25) is 0 Å². The number of rotatable bonds is 3. The zero-order valence-electron chi connectivity index (χ0n) is 11.8. The quantitative estimate of drug-likeness (QED) is 0.899. The molecule has 1 aliphatic carbocycles. The van der Waals surface area contributed by atoms with Gasteiger partial charge in [0.15, 0.2) is 0 Å². The van der Waals surface area contributed by atoms with E-state index in [0.29, 0.717) is 11.5 Å². The molecule has 19 heavy (non-hydrogen) atoms. The van der Waals surface area contributed by atoms with Crippen molar-refractivity contribution in [3.05, 3.63) is 29.3 Å². The van der Waals surface area contributed by atoms with E-state index in [9.17, 15) is 0 Å². The van der Waals surface area contributed by atoms with Gasteiger partial charge in [-0.15, -0.1) is 11.3 Å². The first kappa shape index (κ1) is 13.1. The Hall–Kier alpha value is -0.930. The first-order valence-corrected chi connectivity index (χ1v) is 8.02. The van der Waals surface area contributed by atoms with Gasteiger partial charge in [-0.2, -0.15) is 0 Å². The zero-order valence-corrected chi connectivity index (χ0v) is 12.6. The number of nitrogens with zero attached hydrogens (tertiary/aromatic N) is 1. The Morgan fingerprint density at radius 1 is 1.26 bits per heavy atom. The van der Waals surface area contributed by atoms with Crippen LogP contribution in [0.25, 0.3) is 10.2 Å². The first-order valence-electron chi connectivity index (χ1n) is 7.20. The summed E-state index contributed by atoms with van der Waals surface area (Å²) in [4.78, 5) is 4.68. The molecule has 1 fully saturated rings. The van der Waals surface area contributed by atoms with Crippen LogP contribution in [0.15, 0.2) is 24.3 Å². The third kappa shape index (κ3) is 3.15. The monoisotopic (exact) mass is 274 g/mol. The highest BCUT2D eigenvalue weighted by molar-refractivity contribution is 7.18. The third-order valence-electron chi connectivity index (χ3n) is 4.22. The molecule has 0 bridgehead atoms. The van der Waals surface area contributed by atoms with Crippen LogP contribution in [0.2, 0.25) is 0 Å². The lowest BCUT2D eigenvalue weighted by Crippen LogP contribution is -2.35. The van der Waals surface area contributed by atoms with Crippen LogP contribution in [-0.2, 0) is 6.54 Å². The molecule has 1 aliphatic rings. The minimum atomic E-state index is 0.550. The fourth-order valence-electron chi connectivity index (χ4n) is 2.83. The SMILES string of the molecule is CC1(C)CCC(NCc2nc3ccccc3s2)CC1. The van der Waals surface area contributed by atoms with E-state index in [1.54, 1.807) is 0 Å². The van der Waals surface area contributed by atoms with Crippen LogP contribution in [0.5, 0.6) is 0 Å². The van der Waals surface area contributed by atoms with Crippen molar-refractivity contribution >= 4 is 21.6 Å². The predicted molar refractivity (Wildman–Crippen MR) is 82.5 cm³/mol. The molecule has 0 saturated heterocycles. The minimum absolute atomic E-state index is 0.550. The zero-order chi connectivity index (χ0) is 13.3. The van der Waals surface area contributed by atoms with Crippen LogP contribution in [0.1, 0.15) is 44.5 Å². The maximum Gasteiger partial charge on any atom is 0.108 e. The fraction of sp³-hybridized carbons (Fsp3) is 0.562. The number of thiazole rings is 1. The van der Waals surface area contributed by atoms with E-state index in [1.165, 1.54) is 35.4 Å². The Morgan fingerprint density at radius 2 is 2.00 bits per heavy atom. The van der Waals surface area contributed by atoms with Gasteiger partial charge in [0.2, 0.25) is 0 Å². The standard InChI is InChI=1S/C16H22N2S/c1-16(2)9-7-12(8-10-16)17-11-15-18-13-5-3-4-6-14(13)19-15/h3-6,12,17H,7-11H2,1-2H3. The van der Waals surface area contributed by atoms with E-state index >= 15 is 0 Å². The lowest BCUT2D eigenvalue weighted by Gasteiger charge is -2.34. The van der Waals surface area contributed by atoms with Crippen molar-refractivity contribution in [2.24, 2.45) is 5.41 Å². The number of para-hydroxylation sites is 1. The molecule has 0 amide bonds. The van der Waals surface area contributed by atoms with E-state index < -0.39 is 0 Å². The van der Waals surface area contributed by atoms with Gasteiger partial charge >= 0.3 is 0 Å². The van der Waals surface area contributed by atoms with Gasteiger partial charge in [-0.1, -0.05) is 26.0 Å². The lowest BCUT2D eigenvalue weighted by atomic mass is 9.75. The Balaban J connectivity index is 1.57. The topological polar surface area (TPSA) is 24.9 Å². The molecule has 0 spiro atoms. The van der Waals surface area contributed by atoms with Gasteiger partial charge in [0.25, 0.3) is 0 Å². The summed E-state index contributed by atoms with van der Waals surface area (Å²) >= 11 is 1.81. The Kier molecular flexibility index (Phi) is 3.59. The molecule has 1 heterocycles. The number of hydrogen-bond donors (Lipinski definition) is 1. The van der Waals surface area contributed by atoms with Crippen molar-refractivity contribution < 1.29 is 0 Å². The molecule has 1 saturated carbocycles. The van der Waals surface area contributed by atoms with Crippen LogP contribution in [0.4, 0.5) is 0 Å². The maximum atomic E-state index is 4.68. The molecule has 1 aromatic heterocycles. The van der Waals surface area contributed by atoms with Crippen molar-refractivity contribution in [2.45, 2.75) is 52.1 Å². The smallest absolute Gasteiger partial charge is 0.108 e. The summed E-state index contributed by atoms with van der Waals surface area (Å²) in [6, 6.07) is 9.07. The molecule has 1 aromatic carbocycles. The molecule has 102 valence electrons. The predicted octanol–water partition coefficient (Wildman–Crippen LogP) is 4.35. The summed E-state index contributed by atoms with van der Waals surface area (Å²) in [5.74, 6) is 0. The molecule has 3 rings (SSSR count). The molecule has 0 atom stereocenters. The highest BCUT2D eigenvalue weighted by Gasteiger charge is 2.26. The lowest BCUT2D eigenvalue weighted by molar-refractivity contribution is 0.206. The normalized spacial score (nSPS) is 19.9. The van der Waals surface area contributed by atoms with E-state index in [0.717, 1.165) is 12.1 Å². The maximum absolute atomic E-state index is 4.68. The van der Waals surface area contributed by atoms with Crippen molar-refractivity contribution in [1.29, 1.82) is 0 Å². The molecular formula is C16H22N2S. The summed E-state index contributed by atoms with van der Waals surface area (Å²) in [5, 5.41) is 4.90. The summed E-state index contributed by atoms with van der Waals surface area (Å²) in [5.41, 5.74) is 1.68. The Labute approximate surface area is 119 Å². The van der Waals surface area contributed by atoms with Crippen molar-refractivity contribution in [1.82, 2.24) is 10.3 Å². The molecule has 3 heteroatoms. The van der Waals surface area contributed by atoms with Gasteiger partial charge in [0.1, 0.15) is 5.01 Å². The van der Waals surface area contributed by atoms with Crippen LogP contribution in [0.3, 0.4) is 0 Å². The van der Waals surface area contributed by atoms with Gasteiger partial charge in [0.05, 0.1) is 10.2 Å². The number of fused-ring (bicyclic) bond motifs is 1. The van der Waals surface area contributed by atoms with Gasteiger partial charge in [0, 0.05) is 12.6 Å². The molecule has 2 aromatic rings. The molecule has 2 nitrogen and oxygen atoms in total. The number of hydrogen-bond acceptors (Lipinski definition) is 3. The highest BCUT2D eigenvalue weighted by Crippen LogP contribution is 2.35. The summed E-state index contributed by atoms with van der Waals surface area (Å²) in [7, 11) is 0. The average Bonchev–Trinajstić information content (AvgIpc) is 2.80. The van der Waals surface area contributed by atoms with E-state index in [1.807, 2.05) is 11.3 Å². The largest absolute Gasteiger partial charge is 0.308 e. The molecular weight excluding hydrogens is 252 g/mol. The van der Waals surface area contributed by atoms with Gasteiger partial charge in [-0.05, 0) is 43.2 Å². The van der Waals surface area contributed by atoms with Crippen molar-refractivity contribution in [3.8, 4) is 0 Å². The fourth-order valence-corrected chi connectivity index (χ4v) is 3.75. The molecule has 0 unspecified atom stereocenters. The minimum Gasteiger partial charge on any atom is -0.308 e. The van der Waals surface area contributed by atoms with E-state index in [4.69, 9.17) is 0 Å². The third-order valence-corrected chi connectivity index (χ3v) is 5.26. The van der Waals surface area contributed by atoms with Gasteiger partial charge in [-0.25, -0.2) is 4.98 Å². The average molecular weight is 274 g/mol. The van der Waals surface area contributed by atoms with Crippen molar-refractivity contribution in [3.63, 3.8) is 0 Å². The second kappa shape index (κ2) is 5.22. The molecule has 1 N–H and O–H groups in total. The van der Waals surface area contributed by atoms with Gasteiger partial charge < -0.3 is 5.32 Å². The number of benzene rings is 1. The number of nitrogens with one attached hydrogen (secondary N) is 1. The summed E-state index contributed by atoms with van der Waals surface area (Å²) in [6.07, 6.45) is 5.28. The van der Waals surface area contributed by atoms with Crippen molar-refractivity contribution in [2.75, 3.05) is 0 Å². The van der Waals surface area contributed by atoms with Crippen LogP contribution in [-0.4, -0.2) is 11.0 Å². The number of aromatic nitrogens is 1. The summed E-state index contributed by atoms with van der Waals surface area (Å²) in [6.45, 7) is 5.69. The Bertz CT molecular complexity index is 516. The first-order chi connectivity index (χ1) is 9.12. The summed E-state index contributed by atoms with van der Waals surface area (Å²) < 4.78 is 1.30. The molecule has 0 radical (unpaired) electrons. The second-order valence-electron chi connectivity index (χ2n) is 6.39. The van der Waals surface area contributed by atoms with E-state index in [-0.39, 0.29) is 0 Å². The second-order valence-corrected chi connectivity index (χ2v) is 7.51. The van der Waals surface area contributed by atoms with Crippen LogP contribution >= 0.6 is 11.3 Å². The van der Waals surface area contributed by atoms with E-state index in [2.05, 4.69) is 48.4 Å². The Morgan fingerprint density at radius 3 is 2.74 bits per heavy atom. The van der Waals surface area contributed by atoms with Crippen LogP contribution < -0.4 is 5.32 Å². The van der Waals surface area contributed by atoms with Crippen LogP contribution in [0, 0.1) is 5.41 Å². The highest BCUT2D eigenvalue weighted by atomic mass is 32.1. The molecule has 0 aliphatic heterocycles.